The van der Waals surface area contributed by atoms with Gasteiger partial charge in [0, 0.05) is 43.0 Å². The van der Waals surface area contributed by atoms with Gasteiger partial charge in [-0.1, -0.05) is 12.5 Å². The number of nitrogens with zero attached hydrogens (tertiary/aromatic N) is 4. The lowest BCUT2D eigenvalue weighted by atomic mass is 9.84. The van der Waals surface area contributed by atoms with Gasteiger partial charge < -0.3 is 9.47 Å². The van der Waals surface area contributed by atoms with Gasteiger partial charge in [0.25, 0.3) is 5.91 Å². The number of likely N-dealkylation sites (tertiary alicyclic amines) is 1. The van der Waals surface area contributed by atoms with E-state index in [0.717, 1.165) is 26.1 Å². The van der Waals surface area contributed by atoms with E-state index in [1.165, 1.54) is 30.8 Å². The van der Waals surface area contributed by atoms with E-state index in [-0.39, 0.29) is 5.91 Å². The minimum absolute atomic E-state index is 0.0335. The molecule has 0 spiro atoms. The Hall–Kier alpha value is -2.61. The summed E-state index contributed by atoms with van der Waals surface area (Å²) in [6.45, 7) is 4.63. The van der Waals surface area contributed by atoms with Crippen LogP contribution < -0.4 is 0 Å². The Bertz CT molecular complexity index is 859. The van der Waals surface area contributed by atoms with Gasteiger partial charge in [-0.3, -0.25) is 4.79 Å². The Kier molecular flexibility index (Phi) is 4.50. The molecule has 1 saturated carbocycles. The second kappa shape index (κ2) is 6.95. The monoisotopic (exact) mass is 348 g/mol. The molecule has 26 heavy (non-hydrogen) atoms. The molecule has 1 saturated heterocycles. The second-order valence-corrected chi connectivity index (χ2v) is 7.59. The van der Waals surface area contributed by atoms with Crippen molar-refractivity contribution in [2.45, 2.75) is 45.1 Å². The highest BCUT2D eigenvalue weighted by molar-refractivity contribution is 5.94. The van der Waals surface area contributed by atoms with Crippen LogP contribution in [0.1, 0.15) is 59.0 Å². The standard InChI is InChI=1S/C21H24N4O/c1-15-12-23-20(18-5-3-6-18)25(15)14-17-8-9-24(13-17)21(26)19-7-2-4-16(10-19)11-22/h2,4,7,10,12,17-18H,3,5-6,8-9,13-14H2,1H3. The third-order valence-electron chi connectivity index (χ3n) is 5.81. The number of carbonyl (C=O) groups excluding carboxylic acids is 1. The molecule has 134 valence electrons. The van der Waals surface area contributed by atoms with Crippen LogP contribution in [0.25, 0.3) is 0 Å². The Morgan fingerprint density at radius 2 is 2.19 bits per heavy atom. The van der Waals surface area contributed by atoms with Crippen LogP contribution in [0.5, 0.6) is 0 Å². The summed E-state index contributed by atoms with van der Waals surface area (Å²) in [5, 5.41) is 9.03. The Balaban J connectivity index is 1.43. The van der Waals surface area contributed by atoms with E-state index in [2.05, 4.69) is 22.5 Å². The van der Waals surface area contributed by atoms with Crippen molar-refractivity contribution in [3.05, 3.63) is 53.1 Å². The van der Waals surface area contributed by atoms with Gasteiger partial charge in [0.1, 0.15) is 5.82 Å². The largest absolute Gasteiger partial charge is 0.338 e. The van der Waals surface area contributed by atoms with Crippen LogP contribution >= 0.6 is 0 Å². The minimum Gasteiger partial charge on any atom is -0.338 e. The SMILES string of the molecule is Cc1cnc(C2CCC2)n1CC1CCN(C(=O)c2cccc(C#N)c2)C1. The molecule has 2 aliphatic rings. The number of rotatable bonds is 4. The molecule has 5 nitrogen and oxygen atoms in total. The van der Waals surface area contributed by atoms with Crippen molar-refractivity contribution in [3.8, 4) is 6.07 Å². The number of aromatic nitrogens is 2. The Morgan fingerprint density at radius 1 is 1.35 bits per heavy atom. The van der Waals surface area contributed by atoms with Crippen molar-refractivity contribution in [3.63, 3.8) is 0 Å². The van der Waals surface area contributed by atoms with Gasteiger partial charge in [0.05, 0.1) is 11.6 Å². The maximum Gasteiger partial charge on any atom is 0.253 e. The number of carbonyl (C=O) groups is 1. The molecule has 1 aromatic carbocycles. The molecule has 0 bridgehead atoms. The number of hydrogen-bond donors (Lipinski definition) is 0. The molecule has 2 fully saturated rings. The maximum absolute atomic E-state index is 12.8. The summed E-state index contributed by atoms with van der Waals surface area (Å²) < 4.78 is 2.37. The average molecular weight is 348 g/mol. The number of nitriles is 1. The summed E-state index contributed by atoms with van der Waals surface area (Å²) in [5.41, 5.74) is 2.36. The predicted octanol–water partition coefficient (Wildman–Crippen LogP) is 3.49. The first-order chi connectivity index (χ1) is 12.7. The molecule has 1 amide bonds. The van der Waals surface area contributed by atoms with Gasteiger partial charge in [-0.15, -0.1) is 0 Å². The van der Waals surface area contributed by atoms with Gasteiger partial charge in [-0.25, -0.2) is 4.98 Å². The van der Waals surface area contributed by atoms with Crippen LogP contribution in [0.4, 0.5) is 0 Å². The van der Waals surface area contributed by atoms with Crippen LogP contribution in [0, 0.1) is 24.2 Å². The van der Waals surface area contributed by atoms with Gasteiger partial charge in [-0.2, -0.15) is 5.26 Å². The normalized spacial score (nSPS) is 20.0. The lowest BCUT2D eigenvalue weighted by Crippen LogP contribution is -2.29. The van der Waals surface area contributed by atoms with Crippen molar-refractivity contribution in [1.82, 2.24) is 14.5 Å². The van der Waals surface area contributed by atoms with E-state index in [0.29, 0.717) is 23.0 Å². The zero-order valence-corrected chi connectivity index (χ0v) is 15.2. The molecule has 1 aliphatic carbocycles. The molecule has 0 N–H and O–H groups in total. The summed E-state index contributed by atoms with van der Waals surface area (Å²) in [6, 6.07) is 9.09. The maximum atomic E-state index is 12.8. The Morgan fingerprint density at radius 3 is 2.92 bits per heavy atom. The summed E-state index contributed by atoms with van der Waals surface area (Å²) in [7, 11) is 0. The fraction of sp³-hybridized carbons (Fsp3) is 0.476. The van der Waals surface area contributed by atoms with E-state index >= 15 is 0 Å². The lowest BCUT2D eigenvalue weighted by molar-refractivity contribution is 0.0786. The zero-order chi connectivity index (χ0) is 18.1. The lowest BCUT2D eigenvalue weighted by Gasteiger charge is -2.27. The van der Waals surface area contributed by atoms with Crippen LogP contribution in [-0.2, 0) is 6.54 Å². The molecular formula is C21H24N4O. The molecule has 5 heteroatoms. The van der Waals surface area contributed by atoms with E-state index in [9.17, 15) is 4.79 Å². The highest BCUT2D eigenvalue weighted by Crippen LogP contribution is 2.36. The fourth-order valence-electron chi connectivity index (χ4n) is 4.04. The molecule has 1 aromatic heterocycles. The molecular weight excluding hydrogens is 324 g/mol. The molecule has 4 rings (SSSR count). The smallest absolute Gasteiger partial charge is 0.253 e. The Labute approximate surface area is 154 Å². The van der Waals surface area contributed by atoms with E-state index in [1.807, 2.05) is 11.1 Å². The van der Waals surface area contributed by atoms with Crippen LogP contribution in [0.2, 0.25) is 0 Å². The number of amides is 1. The predicted molar refractivity (Wildman–Crippen MR) is 98.7 cm³/mol. The summed E-state index contributed by atoms with van der Waals surface area (Å²) >= 11 is 0. The summed E-state index contributed by atoms with van der Waals surface area (Å²) in [6.07, 6.45) is 6.82. The third kappa shape index (κ3) is 3.12. The minimum atomic E-state index is 0.0335. The number of benzene rings is 1. The van der Waals surface area contributed by atoms with Crippen molar-refractivity contribution in [2.24, 2.45) is 5.92 Å². The highest BCUT2D eigenvalue weighted by atomic mass is 16.2. The molecule has 0 radical (unpaired) electrons. The molecule has 2 aromatic rings. The molecule has 2 heterocycles. The van der Waals surface area contributed by atoms with Crippen molar-refractivity contribution in [2.75, 3.05) is 13.1 Å². The van der Waals surface area contributed by atoms with Gasteiger partial charge in [-0.05, 0) is 50.3 Å². The van der Waals surface area contributed by atoms with E-state index in [1.54, 1.807) is 24.3 Å². The van der Waals surface area contributed by atoms with Crippen LogP contribution in [-0.4, -0.2) is 33.4 Å². The summed E-state index contributed by atoms with van der Waals surface area (Å²) in [5.74, 6) is 2.35. The van der Waals surface area contributed by atoms with Crippen molar-refractivity contribution in [1.29, 1.82) is 5.26 Å². The van der Waals surface area contributed by atoms with Gasteiger partial charge >= 0.3 is 0 Å². The second-order valence-electron chi connectivity index (χ2n) is 7.59. The van der Waals surface area contributed by atoms with Crippen molar-refractivity contribution >= 4 is 5.91 Å². The van der Waals surface area contributed by atoms with E-state index < -0.39 is 0 Å². The first-order valence-electron chi connectivity index (χ1n) is 9.47. The fourth-order valence-corrected chi connectivity index (χ4v) is 4.04. The van der Waals surface area contributed by atoms with Crippen LogP contribution in [0.3, 0.4) is 0 Å². The number of imidazole rings is 1. The van der Waals surface area contributed by atoms with Gasteiger partial charge in [0.15, 0.2) is 0 Å². The van der Waals surface area contributed by atoms with E-state index in [4.69, 9.17) is 5.26 Å². The first kappa shape index (κ1) is 16.8. The van der Waals surface area contributed by atoms with Crippen LogP contribution in [0.15, 0.2) is 30.5 Å². The molecule has 1 unspecified atom stereocenters. The zero-order valence-electron chi connectivity index (χ0n) is 15.2. The molecule has 1 atom stereocenters. The van der Waals surface area contributed by atoms with Gasteiger partial charge in [0.2, 0.25) is 0 Å². The quantitative estimate of drug-likeness (QED) is 0.850. The molecule has 1 aliphatic heterocycles. The number of hydrogen-bond acceptors (Lipinski definition) is 3. The average Bonchev–Trinajstić information content (AvgIpc) is 3.22. The number of aryl methyl sites for hydroxylation is 1. The first-order valence-corrected chi connectivity index (χ1v) is 9.47. The third-order valence-corrected chi connectivity index (χ3v) is 5.81. The van der Waals surface area contributed by atoms with Crippen molar-refractivity contribution < 1.29 is 4.79 Å². The summed E-state index contributed by atoms with van der Waals surface area (Å²) in [4.78, 5) is 19.3. The topological polar surface area (TPSA) is 61.9 Å². The highest BCUT2D eigenvalue weighted by Gasteiger charge is 2.30.